The van der Waals surface area contributed by atoms with Crippen LogP contribution in [-0.4, -0.2) is 19.9 Å². The van der Waals surface area contributed by atoms with Gasteiger partial charge in [0.05, 0.1) is 22.8 Å². The third-order valence-electron chi connectivity index (χ3n) is 9.00. The third kappa shape index (κ3) is 4.88. The fraction of sp³-hybridized carbons (Fsp3) is 0. The molecule has 2 aliphatic heterocycles. The van der Waals surface area contributed by atoms with Gasteiger partial charge in [-0.1, -0.05) is 121 Å². The van der Waals surface area contributed by atoms with Gasteiger partial charge < -0.3 is 9.97 Å². The summed E-state index contributed by atoms with van der Waals surface area (Å²) in [5.41, 5.74) is 16.2. The SMILES string of the molecule is C1=Cc2nc1c(-c1ccccc1)c1ccc([nH]1)c(-c1ccccc1)c1nc(c(-c3ccccc3)c3ccc([nH]3)c2-c2ccccc2)C=C1.[HH].[HH]. The topological polar surface area (TPSA) is 57.4 Å². The van der Waals surface area contributed by atoms with Crippen LogP contribution in [0.25, 0.3) is 90.9 Å². The van der Waals surface area contributed by atoms with E-state index >= 15 is 0 Å². The lowest BCUT2D eigenvalue weighted by atomic mass is 10.0. The second-order valence-corrected chi connectivity index (χ2v) is 12.0. The van der Waals surface area contributed by atoms with Gasteiger partial charge in [-0.3, -0.25) is 0 Å². The van der Waals surface area contributed by atoms with Crippen LogP contribution in [0.15, 0.2) is 146 Å². The van der Waals surface area contributed by atoms with E-state index in [2.05, 4.69) is 156 Å². The third-order valence-corrected chi connectivity index (χ3v) is 9.00. The molecule has 0 unspecified atom stereocenters. The first kappa shape index (κ1) is 27.8. The molecule has 0 saturated heterocycles. The molecule has 0 aliphatic carbocycles. The summed E-state index contributed by atoms with van der Waals surface area (Å²) in [4.78, 5) is 18.3. The predicted octanol–water partition coefficient (Wildman–Crippen LogP) is 11.8. The molecule has 3 aromatic heterocycles. The standard InChI is InChI=1S/C44H30N4.2H2/c1-5-13-29(14-6-1)41-33-21-23-35(45-33)42(30-15-7-2-8-16-30)37-25-27-39(47-37)44(32-19-11-4-12-20-32)40-28-26-38(48-40)43(31-17-9-3-10-18-31)36-24-22-34(41)46-36;;/h1-28,45,48H;2*1H. The van der Waals surface area contributed by atoms with E-state index in [9.17, 15) is 0 Å². The van der Waals surface area contributed by atoms with Gasteiger partial charge in [-0.25, -0.2) is 9.97 Å². The van der Waals surface area contributed by atoms with E-state index in [1.54, 1.807) is 0 Å². The Morgan fingerprint density at radius 3 is 0.750 bits per heavy atom. The van der Waals surface area contributed by atoms with Crippen LogP contribution < -0.4 is 0 Å². The van der Waals surface area contributed by atoms with Crippen molar-refractivity contribution in [3.63, 3.8) is 0 Å². The highest BCUT2D eigenvalue weighted by Crippen LogP contribution is 2.38. The number of benzene rings is 4. The normalized spacial score (nSPS) is 12.0. The van der Waals surface area contributed by atoms with Crippen LogP contribution in [0.3, 0.4) is 0 Å². The molecule has 4 aromatic carbocycles. The van der Waals surface area contributed by atoms with E-state index in [-0.39, 0.29) is 2.85 Å². The van der Waals surface area contributed by atoms with E-state index in [1.165, 1.54) is 0 Å². The van der Waals surface area contributed by atoms with Gasteiger partial charge in [-0.05, 0) is 70.8 Å². The second kappa shape index (κ2) is 11.7. The van der Waals surface area contributed by atoms with Crippen molar-refractivity contribution < 1.29 is 2.85 Å². The van der Waals surface area contributed by atoms with Crippen molar-refractivity contribution in [1.29, 1.82) is 0 Å². The summed E-state index contributed by atoms with van der Waals surface area (Å²) in [5, 5.41) is 0. The van der Waals surface area contributed by atoms with Crippen LogP contribution >= 0.6 is 0 Å². The Morgan fingerprint density at radius 2 is 0.521 bits per heavy atom. The quantitative estimate of drug-likeness (QED) is 0.206. The molecule has 230 valence electrons. The van der Waals surface area contributed by atoms with Crippen LogP contribution in [0.4, 0.5) is 0 Å². The van der Waals surface area contributed by atoms with E-state index in [4.69, 9.17) is 9.97 Å². The Balaban J connectivity index is 0.00000196. The maximum atomic E-state index is 5.35. The lowest BCUT2D eigenvalue weighted by Gasteiger charge is -2.07. The minimum absolute atomic E-state index is 0. The molecule has 2 N–H and O–H groups in total. The van der Waals surface area contributed by atoms with Crippen molar-refractivity contribution in [2.24, 2.45) is 0 Å². The summed E-state index contributed by atoms with van der Waals surface area (Å²) >= 11 is 0. The Kier molecular flexibility index (Phi) is 6.76. The molecule has 4 heteroatoms. The van der Waals surface area contributed by atoms with Crippen molar-refractivity contribution in [3.05, 3.63) is 168 Å². The zero-order chi connectivity index (χ0) is 31.9. The second-order valence-electron chi connectivity index (χ2n) is 12.0. The molecule has 8 bridgehead atoms. The van der Waals surface area contributed by atoms with Gasteiger partial charge in [-0.15, -0.1) is 0 Å². The number of aromatic nitrogens is 4. The highest BCUT2D eigenvalue weighted by atomic mass is 14.8. The van der Waals surface area contributed by atoms with E-state index < -0.39 is 0 Å². The van der Waals surface area contributed by atoms with Crippen molar-refractivity contribution in [3.8, 4) is 44.5 Å². The van der Waals surface area contributed by atoms with Crippen molar-refractivity contribution in [2.75, 3.05) is 0 Å². The van der Waals surface area contributed by atoms with E-state index in [1.807, 2.05) is 24.3 Å². The summed E-state index contributed by atoms with van der Waals surface area (Å²) in [6.07, 6.45) is 8.54. The molecule has 0 atom stereocenters. The number of nitrogens with zero attached hydrogens (tertiary/aromatic N) is 2. The molecule has 0 saturated carbocycles. The minimum atomic E-state index is 0. The highest BCUT2D eigenvalue weighted by molar-refractivity contribution is 5.99. The average Bonchev–Trinajstić information content (AvgIpc) is 3.98. The molecule has 0 fully saturated rings. The first-order valence-electron chi connectivity index (χ1n) is 16.2. The minimum Gasteiger partial charge on any atom is -0.354 e. The zero-order valence-corrected chi connectivity index (χ0v) is 26.1. The summed E-state index contributed by atoms with van der Waals surface area (Å²) in [6.45, 7) is 0. The highest BCUT2D eigenvalue weighted by Gasteiger charge is 2.18. The monoisotopic (exact) mass is 618 g/mol. The van der Waals surface area contributed by atoms with Crippen molar-refractivity contribution in [2.45, 2.75) is 0 Å². The molecule has 2 aliphatic rings. The number of aromatic amines is 2. The number of H-pyrrole nitrogens is 2. The van der Waals surface area contributed by atoms with Crippen LogP contribution in [-0.2, 0) is 0 Å². The molecular formula is C44H34N4. The fourth-order valence-electron chi connectivity index (χ4n) is 6.84. The zero-order valence-electron chi connectivity index (χ0n) is 26.1. The van der Waals surface area contributed by atoms with E-state index in [0.29, 0.717) is 0 Å². The molecule has 4 nitrogen and oxygen atoms in total. The molecule has 48 heavy (non-hydrogen) atoms. The van der Waals surface area contributed by atoms with Crippen molar-refractivity contribution >= 4 is 46.4 Å². The maximum Gasteiger partial charge on any atom is 0.0737 e. The number of hydrogen-bond acceptors (Lipinski definition) is 2. The molecule has 7 aromatic rings. The number of fused-ring (bicyclic) bond motifs is 8. The Labute approximate surface area is 281 Å². The van der Waals surface area contributed by atoms with Gasteiger partial charge in [0.25, 0.3) is 0 Å². The molecule has 5 heterocycles. The van der Waals surface area contributed by atoms with Gasteiger partial charge in [0.15, 0.2) is 0 Å². The van der Waals surface area contributed by atoms with E-state index in [0.717, 1.165) is 89.4 Å². The van der Waals surface area contributed by atoms with Gasteiger partial charge in [0.1, 0.15) is 0 Å². The summed E-state index contributed by atoms with van der Waals surface area (Å²) in [5.74, 6) is 0. The molecule has 0 spiro atoms. The maximum absolute atomic E-state index is 5.35. The molecule has 0 amide bonds. The van der Waals surface area contributed by atoms with Gasteiger partial charge in [0, 0.05) is 47.2 Å². The summed E-state index contributed by atoms with van der Waals surface area (Å²) in [7, 11) is 0. The smallest absolute Gasteiger partial charge is 0.0737 e. The van der Waals surface area contributed by atoms with Crippen LogP contribution in [0.1, 0.15) is 25.6 Å². The van der Waals surface area contributed by atoms with Gasteiger partial charge in [0.2, 0.25) is 0 Å². The summed E-state index contributed by atoms with van der Waals surface area (Å²) < 4.78 is 0. The summed E-state index contributed by atoms with van der Waals surface area (Å²) in [6, 6.07) is 50.7. The van der Waals surface area contributed by atoms with Crippen molar-refractivity contribution in [1.82, 2.24) is 19.9 Å². The Bertz CT molecular complexity index is 2190. The van der Waals surface area contributed by atoms with Crippen LogP contribution in [0.5, 0.6) is 0 Å². The number of nitrogens with one attached hydrogen (secondary N) is 2. The largest absolute Gasteiger partial charge is 0.354 e. The van der Waals surface area contributed by atoms with Crippen LogP contribution in [0.2, 0.25) is 0 Å². The molecular weight excluding hydrogens is 585 g/mol. The fourth-order valence-corrected chi connectivity index (χ4v) is 6.84. The van der Waals surface area contributed by atoms with Crippen LogP contribution in [0, 0.1) is 0 Å². The predicted molar refractivity (Wildman–Crippen MR) is 205 cm³/mol. The van der Waals surface area contributed by atoms with Gasteiger partial charge >= 0.3 is 0 Å². The molecule has 9 rings (SSSR count). The molecule has 0 radical (unpaired) electrons. The van der Waals surface area contributed by atoms with Gasteiger partial charge in [-0.2, -0.15) is 0 Å². The Morgan fingerprint density at radius 1 is 0.292 bits per heavy atom. The Hall–Kier alpha value is -6.52. The lowest BCUT2D eigenvalue weighted by Crippen LogP contribution is -1.89. The number of hydrogen-bond donors (Lipinski definition) is 2. The number of rotatable bonds is 4. The first-order valence-corrected chi connectivity index (χ1v) is 16.2. The lowest BCUT2D eigenvalue weighted by molar-refractivity contribution is 1.31. The first-order chi connectivity index (χ1) is 23.8. The average molecular weight is 619 g/mol.